The van der Waals surface area contributed by atoms with Crippen molar-refractivity contribution in [2.75, 3.05) is 48.3 Å². The predicted octanol–water partition coefficient (Wildman–Crippen LogP) is 3.45. The zero-order valence-electron chi connectivity index (χ0n) is 12.9. The summed E-state index contributed by atoms with van der Waals surface area (Å²) in [5.41, 5.74) is 1.42. The van der Waals surface area contributed by atoms with Crippen molar-refractivity contribution >= 4 is 0 Å². The maximum absolute atomic E-state index is 4.01. The summed E-state index contributed by atoms with van der Waals surface area (Å²) in [5, 5.41) is 7.51. The van der Waals surface area contributed by atoms with Crippen LogP contribution in [0.15, 0.2) is 23.8 Å². The fourth-order valence-corrected chi connectivity index (χ4v) is 1.26. The van der Waals surface area contributed by atoms with Gasteiger partial charge < -0.3 is 15.5 Å². The molecule has 0 saturated carbocycles. The molecule has 0 saturated heterocycles. The second-order valence-electron chi connectivity index (χ2n) is 4.18. The van der Waals surface area contributed by atoms with Gasteiger partial charge >= 0.3 is 26.2 Å². The summed E-state index contributed by atoms with van der Waals surface area (Å²) in [6, 6.07) is 0. The molecule has 0 heterocycles. The minimum Gasteiger partial charge on any atom is -0.668 e. The van der Waals surface area contributed by atoms with E-state index in [9.17, 15) is 0 Å². The third-order valence-electron chi connectivity index (χ3n) is 1.88. The number of hydrogen-bond donors (Lipinski definition) is 0. The van der Waals surface area contributed by atoms with Crippen LogP contribution in [-0.2, 0) is 26.2 Å². The van der Waals surface area contributed by atoms with Gasteiger partial charge in [-0.15, -0.1) is 6.54 Å². The van der Waals surface area contributed by atoms with Crippen LogP contribution in [0.3, 0.4) is 0 Å². The second-order valence-corrected chi connectivity index (χ2v) is 4.18. The quantitative estimate of drug-likeness (QED) is 0.777. The molecule has 0 aromatic heterocycles. The molecule has 0 N–H and O–H groups in total. The zero-order valence-corrected chi connectivity index (χ0v) is 15.4. The van der Waals surface area contributed by atoms with Gasteiger partial charge in [-0.1, -0.05) is 30.7 Å². The Morgan fingerprint density at radius 1 is 1.22 bits per heavy atom. The van der Waals surface area contributed by atoms with Crippen molar-refractivity contribution in [1.29, 1.82) is 0 Å². The Morgan fingerprint density at radius 3 is 2.00 bits per heavy atom. The van der Waals surface area contributed by atoms with Crippen LogP contribution in [0.5, 0.6) is 0 Å². The van der Waals surface area contributed by atoms with Gasteiger partial charge in [0.25, 0.3) is 0 Å². The molecule has 0 unspecified atom stereocenters. The molecular weight excluding hydrogens is 301 g/mol. The fraction of sp³-hybridized carbons (Fsp3) is 0.714. The smallest absolute Gasteiger partial charge is 0.668 e. The molecule has 0 aliphatic heterocycles. The van der Waals surface area contributed by atoms with Gasteiger partial charge in [-0.3, -0.25) is 0 Å². The first-order valence-electron chi connectivity index (χ1n) is 6.15. The van der Waals surface area contributed by atoms with Crippen LogP contribution in [0.2, 0.25) is 0 Å². The van der Waals surface area contributed by atoms with Gasteiger partial charge in [0.05, 0.1) is 0 Å². The van der Waals surface area contributed by atoms with Crippen LogP contribution in [0.25, 0.3) is 10.6 Å². The second kappa shape index (κ2) is 19.6. The van der Waals surface area contributed by atoms with Gasteiger partial charge in [-0.05, 0) is 33.5 Å². The van der Waals surface area contributed by atoms with E-state index in [1.807, 2.05) is 7.05 Å². The number of hydrogen-bond acceptors (Lipinski definition) is 1. The number of likely N-dealkylation sites (N-methyl/N-ethyl adjacent to an activating group) is 1. The first-order chi connectivity index (χ1) is 8.12. The van der Waals surface area contributed by atoms with Crippen molar-refractivity contribution < 1.29 is 26.2 Å². The first kappa shape index (κ1) is 23.3. The summed E-state index contributed by atoms with van der Waals surface area (Å²) >= 11 is 0. The molecule has 0 atom stereocenters. The minimum absolute atomic E-state index is 0. The number of rotatable bonds is 4. The molecule has 0 radical (unpaired) electrons. The Bertz CT molecular complexity index is 201. The van der Waals surface area contributed by atoms with E-state index >= 15 is 0 Å². The van der Waals surface area contributed by atoms with Crippen LogP contribution >= 0.6 is 0 Å². The Balaban J connectivity index is -0.000000202. The molecule has 18 heavy (non-hydrogen) atoms. The van der Waals surface area contributed by atoms with E-state index in [0.717, 1.165) is 13.0 Å². The van der Waals surface area contributed by atoms with Crippen molar-refractivity contribution in [3.05, 3.63) is 34.4 Å². The van der Waals surface area contributed by atoms with Crippen molar-refractivity contribution in [3.8, 4) is 0 Å². The summed E-state index contributed by atoms with van der Waals surface area (Å²) in [7, 11) is 9.52. The topological polar surface area (TPSA) is 31.4 Å². The maximum atomic E-state index is 4.01. The molecule has 1 aliphatic rings. The molecule has 104 valence electrons. The Labute approximate surface area is 133 Å². The normalized spacial score (nSPS) is 11.8. The molecule has 1 aliphatic carbocycles. The number of allylic oxidation sites excluding steroid dienone is 3. The van der Waals surface area contributed by atoms with Crippen LogP contribution in [0, 0.1) is 0 Å². The van der Waals surface area contributed by atoms with E-state index in [0.29, 0.717) is 0 Å². The fourth-order valence-electron chi connectivity index (χ4n) is 1.26. The summed E-state index contributed by atoms with van der Waals surface area (Å²) < 4.78 is 0. The summed E-state index contributed by atoms with van der Waals surface area (Å²) in [5.74, 6) is 0. The molecule has 0 amide bonds. The van der Waals surface area contributed by atoms with Gasteiger partial charge in [0, 0.05) is 0 Å². The maximum Gasteiger partial charge on any atom is 2.00 e. The van der Waals surface area contributed by atoms with Crippen molar-refractivity contribution in [2.45, 2.75) is 19.8 Å². The molecular formula is C14H29N3Zr. The summed E-state index contributed by atoms with van der Waals surface area (Å²) in [6.45, 7) is 4.30. The monoisotopic (exact) mass is 329 g/mol. The van der Waals surface area contributed by atoms with Gasteiger partial charge in [0.2, 0.25) is 0 Å². The molecule has 1 rings (SSSR count). The van der Waals surface area contributed by atoms with E-state index in [4.69, 9.17) is 0 Å². The van der Waals surface area contributed by atoms with Gasteiger partial charge in [-0.2, -0.15) is 21.1 Å². The Kier molecular flexibility index (Phi) is 25.4. The van der Waals surface area contributed by atoms with Crippen molar-refractivity contribution in [1.82, 2.24) is 4.90 Å². The van der Waals surface area contributed by atoms with Crippen LogP contribution < -0.4 is 0 Å². The van der Waals surface area contributed by atoms with Crippen LogP contribution in [0.4, 0.5) is 0 Å². The van der Waals surface area contributed by atoms with E-state index in [-0.39, 0.29) is 26.2 Å². The summed E-state index contributed by atoms with van der Waals surface area (Å²) in [6.07, 6.45) is 8.73. The molecule has 4 heteroatoms. The van der Waals surface area contributed by atoms with Gasteiger partial charge in [-0.25, -0.2) is 0 Å². The third-order valence-corrected chi connectivity index (χ3v) is 1.88. The average molecular weight is 331 g/mol. The van der Waals surface area contributed by atoms with Crippen LogP contribution in [0.1, 0.15) is 19.8 Å². The van der Waals surface area contributed by atoms with Crippen LogP contribution in [-0.4, -0.2) is 53.2 Å². The van der Waals surface area contributed by atoms with Crippen molar-refractivity contribution in [3.63, 3.8) is 0 Å². The van der Waals surface area contributed by atoms with Gasteiger partial charge in [0.15, 0.2) is 0 Å². The average Bonchev–Trinajstić information content (AvgIpc) is 2.73. The summed E-state index contributed by atoms with van der Waals surface area (Å²) in [4.78, 5) is 2.18. The molecule has 0 fully saturated rings. The third kappa shape index (κ3) is 21.5. The van der Waals surface area contributed by atoms with Crippen molar-refractivity contribution in [2.24, 2.45) is 0 Å². The SMILES string of the molecule is CCCN(C)C.C[N-]C.C[N-]CC1=CC=CC1.[Zr+2]. The Morgan fingerprint density at radius 2 is 1.78 bits per heavy atom. The predicted molar refractivity (Wildman–Crippen MR) is 80.0 cm³/mol. The largest absolute Gasteiger partial charge is 2.00 e. The molecule has 0 aromatic carbocycles. The number of nitrogens with zero attached hydrogens (tertiary/aromatic N) is 3. The standard InChI is InChI=1S/C7H10N.C5H13N.C2H6N.Zr/c1-8-6-7-4-2-3-5-7;1-4-5-6(2)3;1-3-2;/h2-4H,5-6H2,1H3;4-5H2,1-3H3;1-2H3;/q-1;;-1;+2. The molecule has 0 bridgehead atoms. The van der Waals surface area contributed by atoms with Gasteiger partial charge in [0.1, 0.15) is 0 Å². The van der Waals surface area contributed by atoms with E-state index in [2.05, 4.69) is 54.8 Å². The Hall–Kier alpha value is 0.243. The van der Waals surface area contributed by atoms with E-state index in [1.54, 1.807) is 14.1 Å². The molecule has 3 nitrogen and oxygen atoms in total. The molecule has 0 spiro atoms. The molecule has 0 aromatic rings. The zero-order chi connectivity index (χ0) is 13.5. The minimum atomic E-state index is 0. The van der Waals surface area contributed by atoms with E-state index < -0.39 is 0 Å². The first-order valence-corrected chi connectivity index (χ1v) is 6.15. The van der Waals surface area contributed by atoms with E-state index in [1.165, 1.54) is 18.5 Å².